The van der Waals surface area contributed by atoms with Crippen LogP contribution in [0.3, 0.4) is 0 Å². The minimum absolute atomic E-state index is 0.179. The standard InChI is InChI=1S/C16H13FO4S/c1-10(18)13(19)8-14(20)15-5-6-16(22-15)21-9-11-3-2-4-12(17)7-11/h2-7H,8-9H2,1H3. The number of halogens is 1. The topological polar surface area (TPSA) is 60.4 Å². The van der Waals surface area contributed by atoms with Gasteiger partial charge >= 0.3 is 0 Å². The molecule has 22 heavy (non-hydrogen) atoms. The predicted octanol–water partition coefficient (Wildman–Crippen LogP) is 3.20. The van der Waals surface area contributed by atoms with Gasteiger partial charge in [-0.3, -0.25) is 14.4 Å². The number of hydrogen-bond acceptors (Lipinski definition) is 5. The molecule has 0 fully saturated rings. The third-order valence-electron chi connectivity index (χ3n) is 2.84. The average Bonchev–Trinajstić information content (AvgIpc) is 2.94. The third kappa shape index (κ3) is 4.33. The van der Waals surface area contributed by atoms with E-state index in [1.54, 1.807) is 24.3 Å². The van der Waals surface area contributed by atoms with Gasteiger partial charge in [-0.1, -0.05) is 23.5 Å². The number of carbonyl (C=O) groups is 3. The minimum atomic E-state index is -0.708. The number of Topliss-reactive ketones (excluding diaryl/α,β-unsaturated/α-hetero) is 3. The number of carbonyl (C=O) groups excluding carboxylic acids is 3. The van der Waals surface area contributed by atoms with Gasteiger partial charge in [0.1, 0.15) is 12.4 Å². The van der Waals surface area contributed by atoms with Gasteiger partial charge in [0, 0.05) is 6.92 Å². The fraction of sp³-hybridized carbons (Fsp3) is 0.188. The molecule has 0 aliphatic heterocycles. The van der Waals surface area contributed by atoms with E-state index in [0.717, 1.165) is 18.3 Å². The monoisotopic (exact) mass is 320 g/mol. The second kappa shape index (κ2) is 7.09. The Morgan fingerprint density at radius 2 is 1.95 bits per heavy atom. The van der Waals surface area contributed by atoms with Crippen LogP contribution in [0, 0.1) is 5.82 Å². The van der Waals surface area contributed by atoms with Crippen molar-refractivity contribution in [2.24, 2.45) is 0 Å². The van der Waals surface area contributed by atoms with Crippen LogP contribution in [0.5, 0.6) is 5.06 Å². The van der Waals surface area contributed by atoms with Gasteiger partial charge in [-0.05, 0) is 29.8 Å². The highest BCUT2D eigenvalue weighted by atomic mass is 32.1. The van der Waals surface area contributed by atoms with Gasteiger partial charge in [0.2, 0.25) is 5.78 Å². The molecule has 0 N–H and O–H groups in total. The quantitative estimate of drug-likeness (QED) is 0.446. The number of thiophene rings is 1. The summed E-state index contributed by atoms with van der Waals surface area (Å²) in [6.07, 6.45) is -0.431. The molecular formula is C16H13FO4S. The van der Waals surface area contributed by atoms with Crippen LogP contribution in [0.25, 0.3) is 0 Å². The maximum Gasteiger partial charge on any atom is 0.205 e. The number of ether oxygens (including phenoxy) is 1. The molecule has 1 aromatic carbocycles. The summed E-state index contributed by atoms with van der Waals surface area (Å²) in [6, 6.07) is 9.18. The van der Waals surface area contributed by atoms with Crippen molar-refractivity contribution in [1.29, 1.82) is 0 Å². The Morgan fingerprint density at radius 1 is 1.18 bits per heavy atom. The molecular weight excluding hydrogens is 307 g/mol. The van der Waals surface area contributed by atoms with E-state index in [-0.39, 0.29) is 12.4 Å². The number of rotatable bonds is 7. The maximum atomic E-state index is 13.0. The fourth-order valence-electron chi connectivity index (χ4n) is 1.69. The van der Waals surface area contributed by atoms with E-state index in [1.807, 2.05) is 0 Å². The van der Waals surface area contributed by atoms with Crippen molar-refractivity contribution in [3.63, 3.8) is 0 Å². The van der Waals surface area contributed by atoms with Gasteiger partial charge < -0.3 is 4.74 Å². The molecule has 0 atom stereocenters. The predicted molar refractivity (Wildman–Crippen MR) is 79.7 cm³/mol. The summed E-state index contributed by atoms with van der Waals surface area (Å²) in [5.41, 5.74) is 0.674. The number of hydrogen-bond donors (Lipinski definition) is 0. The zero-order valence-corrected chi connectivity index (χ0v) is 12.6. The first-order chi connectivity index (χ1) is 10.5. The highest BCUT2D eigenvalue weighted by Crippen LogP contribution is 2.26. The second-order valence-electron chi connectivity index (χ2n) is 4.62. The van der Waals surface area contributed by atoms with E-state index in [2.05, 4.69) is 0 Å². The smallest absolute Gasteiger partial charge is 0.205 e. The minimum Gasteiger partial charge on any atom is -0.479 e. The SMILES string of the molecule is CC(=O)C(=O)CC(=O)c1ccc(OCc2cccc(F)c2)s1. The molecule has 114 valence electrons. The van der Waals surface area contributed by atoms with Crippen molar-refractivity contribution in [3.05, 3.63) is 52.7 Å². The Morgan fingerprint density at radius 3 is 2.64 bits per heavy atom. The summed E-state index contributed by atoms with van der Waals surface area (Å²) in [5.74, 6) is -2.09. The zero-order valence-electron chi connectivity index (χ0n) is 11.8. The Labute approximate surface area is 130 Å². The van der Waals surface area contributed by atoms with Crippen LogP contribution in [-0.4, -0.2) is 17.3 Å². The van der Waals surface area contributed by atoms with Crippen LogP contribution < -0.4 is 4.74 Å². The molecule has 0 saturated heterocycles. The zero-order chi connectivity index (χ0) is 16.1. The van der Waals surface area contributed by atoms with Crippen LogP contribution in [0.4, 0.5) is 4.39 Å². The summed E-state index contributed by atoms with van der Waals surface area (Å²) >= 11 is 1.09. The maximum absolute atomic E-state index is 13.0. The van der Waals surface area contributed by atoms with Gasteiger partial charge in [-0.25, -0.2) is 4.39 Å². The molecule has 0 saturated carbocycles. The number of benzene rings is 1. The van der Waals surface area contributed by atoms with E-state index >= 15 is 0 Å². The molecule has 6 heteroatoms. The highest BCUT2D eigenvalue weighted by Gasteiger charge is 2.17. The summed E-state index contributed by atoms with van der Waals surface area (Å²) in [4.78, 5) is 34.3. The summed E-state index contributed by atoms with van der Waals surface area (Å²) in [7, 11) is 0. The molecule has 1 aromatic heterocycles. The fourth-order valence-corrected chi connectivity index (χ4v) is 2.48. The first kappa shape index (κ1) is 16.0. The van der Waals surface area contributed by atoms with Crippen LogP contribution in [0.2, 0.25) is 0 Å². The Kier molecular flexibility index (Phi) is 5.16. The first-order valence-electron chi connectivity index (χ1n) is 6.50. The summed E-state index contributed by atoms with van der Waals surface area (Å²) < 4.78 is 18.5. The molecule has 0 bridgehead atoms. The molecule has 1 heterocycles. The lowest BCUT2D eigenvalue weighted by Crippen LogP contribution is -2.14. The van der Waals surface area contributed by atoms with Crippen molar-refractivity contribution in [2.75, 3.05) is 0 Å². The molecule has 0 radical (unpaired) electrons. The molecule has 0 aliphatic rings. The lowest BCUT2D eigenvalue weighted by molar-refractivity contribution is -0.134. The van der Waals surface area contributed by atoms with E-state index in [0.29, 0.717) is 15.5 Å². The molecule has 0 aliphatic carbocycles. The van der Waals surface area contributed by atoms with Gasteiger partial charge in [0.25, 0.3) is 0 Å². The molecule has 2 aromatic rings. The van der Waals surface area contributed by atoms with Crippen LogP contribution in [0.15, 0.2) is 36.4 Å². The molecule has 2 rings (SSSR count). The van der Waals surface area contributed by atoms with Crippen molar-refractivity contribution in [1.82, 2.24) is 0 Å². The third-order valence-corrected chi connectivity index (χ3v) is 3.88. The Hall–Kier alpha value is -2.34. The van der Waals surface area contributed by atoms with Crippen molar-refractivity contribution < 1.29 is 23.5 Å². The molecule has 0 unspecified atom stereocenters. The lowest BCUT2D eigenvalue weighted by atomic mass is 10.1. The van der Waals surface area contributed by atoms with Crippen molar-refractivity contribution in [3.8, 4) is 5.06 Å². The molecule has 0 amide bonds. The molecule has 0 spiro atoms. The van der Waals surface area contributed by atoms with Gasteiger partial charge in [-0.15, -0.1) is 0 Å². The van der Waals surface area contributed by atoms with Gasteiger partial charge in [0.15, 0.2) is 16.6 Å². The van der Waals surface area contributed by atoms with E-state index < -0.39 is 23.8 Å². The van der Waals surface area contributed by atoms with Gasteiger partial charge in [-0.2, -0.15) is 0 Å². The van der Waals surface area contributed by atoms with Crippen molar-refractivity contribution in [2.45, 2.75) is 20.0 Å². The van der Waals surface area contributed by atoms with E-state index in [1.165, 1.54) is 12.1 Å². The Balaban J connectivity index is 1.95. The highest BCUT2D eigenvalue weighted by molar-refractivity contribution is 7.15. The van der Waals surface area contributed by atoms with Crippen LogP contribution in [0.1, 0.15) is 28.6 Å². The number of ketones is 3. The van der Waals surface area contributed by atoms with Crippen LogP contribution in [-0.2, 0) is 16.2 Å². The normalized spacial score (nSPS) is 10.3. The molecule has 4 nitrogen and oxygen atoms in total. The largest absolute Gasteiger partial charge is 0.479 e. The van der Waals surface area contributed by atoms with E-state index in [4.69, 9.17) is 4.74 Å². The lowest BCUT2D eigenvalue weighted by Gasteiger charge is -2.03. The van der Waals surface area contributed by atoms with Crippen LogP contribution >= 0.6 is 11.3 Å². The van der Waals surface area contributed by atoms with Gasteiger partial charge in [0.05, 0.1) is 11.3 Å². The van der Waals surface area contributed by atoms with Crippen molar-refractivity contribution >= 4 is 28.7 Å². The Bertz CT molecular complexity index is 720. The summed E-state index contributed by atoms with van der Waals surface area (Å²) in [5, 5.41) is 0.489. The summed E-state index contributed by atoms with van der Waals surface area (Å²) in [6.45, 7) is 1.32. The second-order valence-corrected chi connectivity index (χ2v) is 5.66. The van der Waals surface area contributed by atoms with E-state index in [9.17, 15) is 18.8 Å². The first-order valence-corrected chi connectivity index (χ1v) is 7.31. The average molecular weight is 320 g/mol.